The fourth-order valence-electron chi connectivity index (χ4n) is 1.56. The monoisotopic (exact) mass is 234 g/mol. The predicted octanol–water partition coefficient (Wildman–Crippen LogP) is 2.09. The van der Waals surface area contributed by atoms with Crippen LogP contribution in [0.1, 0.15) is 0 Å². The Labute approximate surface area is 93.1 Å². The highest BCUT2D eigenvalue weighted by atomic mass is 32.1. The van der Waals surface area contributed by atoms with Crippen LogP contribution in [0, 0.1) is 0 Å². The van der Waals surface area contributed by atoms with Gasteiger partial charge in [-0.25, -0.2) is 4.79 Å². The molecule has 0 radical (unpaired) electrons. The van der Waals surface area contributed by atoms with Crippen LogP contribution in [0.2, 0.25) is 0 Å². The van der Waals surface area contributed by atoms with Crippen molar-refractivity contribution in [2.24, 2.45) is 0 Å². The SMILES string of the molecule is Nc1oncc1-c1cccc2sc(=O)oc12. The molecule has 0 fully saturated rings. The van der Waals surface area contributed by atoms with Gasteiger partial charge in [0.05, 0.1) is 16.5 Å². The first kappa shape index (κ1) is 9.17. The molecule has 0 aliphatic carbocycles. The zero-order valence-electron chi connectivity index (χ0n) is 7.97. The summed E-state index contributed by atoms with van der Waals surface area (Å²) in [6, 6.07) is 5.45. The molecule has 0 amide bonds. The van der Waals surface area contributed by atoms with E-state index in [-0.39, 0.29) is 10.8 Å². The first-order valence-corrected chi connectivity index (χ1v) is 5.30. The highest BCUT2D eigenvalue weighted by Gasteiger charge is 2.13. The van der Waals surface area contributed by atoms with E-state index in [1.54, 1.807) is 6.07 Å². The molecule has 16 heavy (non-hydrogen) atoms. The van der Waals surface area contributed by atoms with Crippen LogP contribution >= 0.6 is 11.3 Å². The molecule has 6 heteroatoms. The number of nitrogen functional groups attached to an aromatic ring is 1. The van der Waals surface area contributed by atoms with Crippen molar-refractivity contribution in [2.75, 3.05) is 5.73 Å². The van der Waals surface area contributed by atoms with Crippen LogP contribution in [0.4, 0.5) is 5.88 Å². The fourth-order valence-corrected chi connectivity index (χ4v) is 2.25. The lowest BCUT2D eigenvalue weighted by atomic mass is 10.1. The summed E-state index contributed by atoms with van der Waals surface area (Å²) in [7, 11) is 0. The standard InChI is InChI=1S/C10H6N2O3S/c11-9-6(4-12-15-9)5-2-1-3-7-8(5)14-10(13)16-7/h1-4H,11H2. The molecule has 0 unspecified atom stereocenters. The van der Waals surface area contributed by atoms with Crippen molar-refractivity contribution in [1.29, 1.82) is 0 Å². The summed E-state index contributed by atoms with van der Waals surface area (Å²) in [6.45, 7) is 0. The molecule has 2 N–H and O–H groups in total. The molecule has 0 aliphatic heterocycles. The van der Waals surface area contributed by atoms with E-state index < -0.39 is 0 Å². The summed E-state index contributed by atoms with van der Waals surface area (Å²) in [5.41, 5.74) is 7.49. The third-order valence-electron chi connectivity index (χ3n) is 2.25. The zero-order valence-corrected chi connectivity index (χ0v) is 8.78. The number of anilines is 1. The van der Waals surface area contributed by atoms with Crippen LogP contribution in [0.25, 0.3) is 21.4 Å². The van der Waals surface area contributed by atoms with Gasteiger partial charge < -0.3 is 14.7 Å². The lowest BCUT2D eigenvalue weighted by molar-refractivity contribution is 0.436. The lowest BCUT2D eigenvalue weighted by Gasteiger charge is -1.97. The van der Waals surface area contributed by atoms with Crippen molar-refractivity contribution in [3.05, 3.63) is 34.1 Å². The number of rotatable bonds is 1. The van der Waals surface area contributed by atoms with E-state index in [0.717, 1.165) is 21.6 Å². The Kier molecular flexibility index (Phi) is 1.84. The second-order valence-corrected chi connectivity index (χ2v) is 4.17. The topological polar surface area (TPSA) is 82.3 Å². The maximum Gasteiger partial charge on any atom is 0.396 e. The van der Waals surface area contributed by atoms with Gasteiger partial charge in [0.2, 0.25) is 5.88 Å². The van der Waals surface area contributed by atoms with Gasteiger partial charge in [-0.3, -0.25) is 0 Å². The largest absolute Gasteiger partial charge is 0.413 e. The molecular formula is C10H6N2O3S. The summed E-state index contributed by atoms with van der Waals surface area (Å²) in [5.74, 6) is 0.210. The Hall–Kier alpha value is -2.08. The number of nitrogens with two attached hydrogens (primary N) is 1. The molecule has 2 heterocycles. The summed E-state index contributed by atoms with van der Waals surface area (Å²) >= 11 is 1.06. The van der Waals surface area contributed by atoms with Gasteiger partial charge in [0.15, 0.2) is 5.58 Å². The van der Waals surface area contributed by atoms with Crippen LogP contribution in [0.3, 0.4) is 0 Å². The van der Waals surface area contributed by atoms with Gasteiger partial charge in [0.1, 0.15) is 0 Å². The Morgan fingerprint density at radius 1 is 1.31 bits per heavy atom. The van der Waals surface area contributed by atoms with E-state index in [4.69, 9.17) is 14.7 Å². The van der Waals surface area contributed by atoms with E-state index >= 15 is 0 Å². The van der Waals surface area contributed by atoms with Gasteiger partial charge in [-0.15, -0.1) is 0 Å². The molecule has 5 nitrogen and oxygen atoms in total. The van der Waals surface area contributed by atoms with Crippen LogP contribution in [0.15, 0.2) is 38.1 Å². The summed E-state index contributed by atoms with van der Waals surface area (Å²) < 4.78 is 10.7. The number of aromatic nitrogens is 1. The summed E-state index contributed by atoms with van der Waals surface area (Å²) in [4.78, 5) is 10.8. The Balaban J connectivity index is 2.40. The molecule has 3 rings (SSSR count). The molecule has 0 saturated heterocycles. The van der Waals surface area contributed by atoms with Crippen molar-refractivity contribution in [1.82, 2.24) is 5.16 Å². The Morgan fingerprint density at radius 2 is 2.19 bits per heavy atom. The number of hydrogen-bond donors (Lipinski definition) is 1. The molecule has 1 aromatic carbocycles. The van der Waals surface area contributed by atoms with Gasteiger partial charge in [-0.05, 0) is 6.07 Å². The van der Waals surface area contributed by atoms with Gasteiger partial charge in [-0.2, -0.15) is 0 Å². The molecule has 3 aromatic rings. The minimum atomic E-state index is -0.336. The van der Waals surface area contributed by atoms with E-state index in [1.807, 2.05) is 12.1 Å². The number of nitrogens with zero attached hydrogens (tertiary/aromatic N) is 1. The van der Waals surface area contributed by atoms with Crippen molar-refractivity contribution < 1.29 is 8.94 Å². The van der Waals surface area contributed by atoms with E-state index in [0.29, 0.717) is 11.1 Å². The minimum absolute atomic E-state index is 0.210. The van der Waals surface area contributed by atoms with Crippen LogP contribution in [-0.2, 0) is 0 Å². The molecule has 0 bridgehead atoms. The predicted molar refractivity (Wildman–Crippen MR) is 60.3 cm³/mol. The second kappa shape index (κ2) is 3.21. The molecule has 0 aliphatic rings. The molecule has 80 valence electrons. The van der Waals surface area contributed by atoms with E-state index in [9.17, 15) is 4.79 Å². The third-order valence-corrected chi connectivity index (χ3v) is 3.04. The first-order valence-electron chi connectivity index (χ1n) is 4.49. The van der Waals surface area contributed by atoms with Crippen LogP contribution in [-0.4, -0.2) is 5.16 Å². The van der Waals surface area contributed by atoms with Crippen LogP contribution in [0.5, 0.6) is 0 Å². The smallest absolute Gasteiger partial charge is 0.396 e. The molecule has 0 saturated carbocycles. The molecule has 0 spiro atoms. The zero-order chi connectivity index (χ0) is 11.1. The number of para-hydroxylation sites is 1. The summed E-state index contributed by atoms with van der Waals surface area (Å²) in [6.07, 6.45) is 1.50. The second-order valence-electron chi connectivity index (χ2n) is 3.19. The quantitative estimate of drug-likeness (QED) is 0.697. The highest BCUT2D eigenvalue weighted by molar-refractivity contribution is 7.16. The number of hydrogen-bond acceptors (Lipinski definition) is 6. The van der Waals surface area contributed by atoms with Crippen molar-refractivity contribution in [3.63, 3.8) is 0 Å². The molecular weight excluding hydrogens is 228 g/mol. The Bertz CT molecular complexity index is 710. The van der Waals surface area contributed by atoms with Crippen molar-refractivity contribution >= 4 is 27.5 Å². The van der Waals surface area contributed by atoms with Gasteiger partial charge in [-0.1, -0.05) is 28.6 Å². The number of benzene rings is 1. The average molecular weight is 234 g/mol. The first-order chi connectivity index (χ1) is 7.75. The fraction of sp³-hybridized carbons (Fsp3) is 0. The minimum Gasteiger partial charge on any atom is -0.413 e. The third kappa shape index (κ3) is 1.24. The maximum atomic E-state index is 11.2. The maximum absolute atomic E-state index is 11.2. The van der Waals surface area contributed by atoms with E-state index in [2.05, 4.69) is 5.16 Å². The van der Waals surface area contributed by atoms with Gasteiger partial charge in [0, 0.05) is 5.56 Å². The van der Waals surface area contributed by atoms with Crippen LogP contribution < -0.4 is 10.7 Å². The highest BCUT2D eigenvalue weighted by Crippen LogP contribution is 2.32. The van der Waals surface area contributed by atoms with E-state index in [1.165, 1.54) is 6.20 Å². The van der Waals surface area contributed by atoms with Gasteiger partial charge in [0.25, 0.3) is 0 Å². The number of fused-ring (bicyclic) bond motifs is 1. The summed E-state index contributed by atoms with van der Waals surface area (Å²) in [5, 5.41) is 3.60. The van der Waals surface area contributed by atoms with Crippen molar-refractivity contribution in [3.8, 4) is 11.1 Å². The molecule has 0 atom stereocenters. The van der Waals surface area contributed by atoms with Crippen molar-refractivity contribution in [2.45, 2.75) is 0 Å². The molecule has 2 aromatic heterocycles. The average Bonchev–Trinajstić information content (AvgIpc) is 2.82. The normalized spacial score (nSPS) is 11.0. The van der Waals surface area contributed by atoms with Gasteiger partial charge >= 0.3 is 4.94 Å². The lowest BCUT2D eigenvalue weighted by Crippen LogP contribution is -1.85. The Morgan fingerprint density at radius 3 is 2.94 bits per heavy atom.